The maximum atomic E-state index is 5.59. The fourth-order valence-electron chi connectivity index (χ4n) is 4.73. The summed E-state index contributed by atoms with van der Waals surface area (Å²) in [6.45, 7) is 7.50. The predicted octanol–water partition coefficient (Wildman–Crippen LogP) is 3.48. The lowest BCUT2D eigenvalue weighted by Gasteiger charge is -2.38. The minimum atomic E-state index is 0. The van der Waals surface area contributed by atoms with Gasteiger partial charge in [0.15, 0.2) is 5.96 Å². The summed E-state index contributed by atoms with van der Waals surface area (Å²) in [5.74, 6) is 2.14. The fourth-order valence-corrected chi connectivity index (χ4v) is 5.97. The van der Waals surface area contributed by atoms with Crippen molar-refractivity contribution in [2.45, 2.75) is 75.1 Å². The number of likely N-dealkylation sites (tertiary alicyclic amines) is 1. The Morgan fingerprint density at radius 2 is 1.81 bits per heavy atom. The molecule has 0 aromatic carbocycles. The number of thioether (sulfide) groups is 1. The molecule has 0 amide bonds. The van der Waals surface area contributed by atoms with Crippen molar-refractivity contribution in [3.63, 3.8) is 0 Å². The van der Waals surface area contributed by atoms with Crippen LogP contribution in [0, 0.1) is 0 Å². The first-order valence-corrected chi connectivity index (χ1v) is 11.7. The molecule has 0 atom stereocenters. The molecule has 3 aliphatic rings. The Morgan fingerprint density at radius 3 is 2.41 bits per heavy atom. The van der Waals surface area contributed by atoms with Crippen molar-refractivity contribution < 1.29 is 4.74 Å². The Hall–Kier alpha value is 0.270. The van der Waals surface area contributed by atoms with Gasteiger partial charge in [0.25, 0.3) is 0 Å². The van der Waals surface area contributed by atoms with E-state index in [9.17, 15) is 0 Å². The molecule has 5 nitrogen and oxygen atoms in total. The molecule has 0 radical (unpaired) electrons. The molecule has 2 saturated heterocycles. The van der Waals surface area contributed by atoms with Gasteiger partial charge in [-0.3, -0.25) is 4.99 Å². The zero-order valence-electron chi connectivity index (χ0n) is 17.2. The van der Waals surface area contributed by atoms with Crippen LogP contribution in [0.3, 0.4) is 0 Å². The number of hydrogen-bond donors (Lipinski definition) is 2. The van der Waals surface area contributed by atoms with Gasteiger partial charge in [-0.2, -0.15) is 11.8 Å². The van der Waals surface area contributed by atoms with Crippen LogP contribution in [0.5, 0.6) is 0 Å². The number of rotatable bonds is 6. The number of nitrogens with zero attached hydrogens (tertiary/aromatic N) is 2. The Balaban J connectivity index is 0.00000261. The summed E-state index contributed by atoms with van der Waals surface area (Å²) in [7, 11) is 1.90. The van der Waals surface area contributed by atoms with Gasteiger partial charge in [0.05, 0.1) is 0 Å². The van der Waals surface area contributed by atoms with Crippen LogP contribution in [0.1, 0.15) is 58.3 Å². The van der Waals surface area contributed by atoms with Crippen molar-refractivity contribution in [3.05, 3.63) is 0 Å². The van der Waals surface area contributed by atoms with Crippen LogP contribution < -0.4 is 10.6 Å². The van der Waals surface area contributed by atoms with Crippen LogP contribution in [-0.4, -0.2) is 73.3 Å². The number of piperidine rings is 1. The molecule has 0 aromatic rings. The first-order valence-electron chi connectivity index (χ1n) is 10.7. The largest absolute Gasteiger partial charge is 0.381 e. The second-order valence-electron chi connectivity index (χ2n) is 8.05. The van der Waals surface area contributed by atoms with Gasteiger partial charge < -0.3 is 20.3 Å². The number of aliphatic imine (C=N–C) groups is 1. The van der Waals surface area contributed by atoms with Crippen molar-refractivity contribution in [1.82, 2.24) is 15.5 Å². The second kappa shape index (κ2) is 12.1. The maximum absolute atomic E-state index is 5.59. The molecule has 0 spiro atoms. The average Bonchev–Trinajstić information content (AvgIpc) is 3.21. The van der Waals surface area contributed by atoms with E-state index in [1.54, 1.807) is 0 Å². The Morgan fingerprint density at radius 1 is 1.15 bits per heavy atom. The lowest BCUT2D eigenvalue weighted by molar-refractivity contribution is 0.0781. The second-order valence-corrected chi connectivity index (χ2v) is 9.78. The van der Waals surface area contributed by atoms with Crippen LogP contribution in [0.25, 0.3) is 0 Å². The quantitative estimate of drug-likeness (QED) is 0.326. The van der Waals surface area contributed by atoms with Gasteiger partial charge in [-0.05, 0) is 44.3 Å². The van der Waals surface area contributed by atoms with E-state index in [1.165, 1.54) is 51.6 Å². The molecule has 27 heavy (non-hydrogen) atoms. The third-order valence-electron chi connectivity index (χ3n) is 6.37. The standard InChI is InChI=1S/C20H38N4OS.HI/c1-3-26-20(10-14-25-15-11-20)16-22-19(21-2)23-17-8-12-24(13-9-17)18-6-4-5-7-18;/h17-18H,3-16H2,1-2H3,(H2,21,22,23);1H. The van der Waals surface area contributed by atoms with Gasteiger partial charge in [-0.1, -0.05) is 19.8 Å². The summed E-state index contributed by atoms with van der Waals surface area (Å²) in [5.41, 5.74) is 0. The van der Waals surface area contributed by atoms with E-state index in [4.69, 9.17) is 4.74 Å². The molecule has 2 aliphatic heterocycles. The van der Waals surface area contributed by atoms with Gasteiger partial charge in [0.1, 0.15) is 0 Å². The molecular formula is C20H39IN4OS. The third kappa shape index (κ3) is 6.93. The molecule has 1 aliphatic carbocycles. The van der Waals surface area contributed by atoms with Crippen LogP contribution in [0.15, 0.2) is 4.99 Å². The molecule has 2 heterocycles. The van der Waals surface area contributed by atoms with Gasteiger partial charge in [0, 0.05) is 56.7 Å². The predicted molar refractivity (Wildman–Crippen MR) is 128 cm³/mol. The summed E-state index contributed by atoms with van der Waals surface area (Å²) >= 11 is 2.08. The van der Waals surface area contributed by atoms with E-state index in [2.05, 4.69) is 39.2 Å². The van der Waals surface area contributed by atoms with Gasteiger partial charge >= 0.3 is 0 Å². The maximum Gasteiger partial charge on any atom is 0.191 e. The summed E-state index contributed by atoms with van der Waals surface area (Å²) in [4.78, 5) is 7.23. The van der Waals surface area contributed by atoms with Crippen molar-refractivity contribution in [2.24, 2.45) is 4.99 Å². The van der Waals surface area contributed by atoms with Gasteiger partial charge in [-0.15, -0.1) is 24.0 Å². The van der Waals surface area contributed by atoms with Gasteiger partial charge in [-0.25, -0.2) is 0 Å². The molecule has 0 unspecified atom stereocenters. The van der Waals surface area contributed by atoms with Crippen molar-refractivity contribution in [3.8, 4) is 0 Å². The monoisotopic (exact) mass is 510 g/mol. The van der Waals surface area contributed by atoms with E-state index < -0.39 is 0 Å². The van der Waals surface area contributed by atoms with Crippen LogP contribution in [-0.2, 0) is 4.74 Å². The molecule has 0 aromatic heterocycles. The average molecular weight is 511 g/mol. The zero-order valence-corrected chi connectivity index (χ0v) is 20.3. The molecule has 7 heteroatoms. The highest BCUT2D eigenvalue weighted by Crippen LogP contribution is 2.34. The van der Waals surface area contributed by atoms with Crippen LogP contribution >= 0.6 is 35.7 Å². The van der Waals surface area contributed by atoms with Crippen molar-refractivity contribution >= 4 is 41.7 Å². The van der Waals surface area contributed by atoms with E-state index in [0.717, 1.165) is 50.4 Å². The molecule has 3 fully saturated rings. The molecule has 3 rings (SSSR count). The molecule has 0 bridgehead atoms. The number of guanidine groups is 1. The van der Waals surface area contributed by atoms with Crippen molar-refractivity contribution in [2.75, 3.05) is 45.6 Å². The first-order chi connectivity index (χ1) is 12.7. The minimum absolute atomic E-state index is 0. The van der Waals surface area contributed by atoms with E-state index in [-0.39, 0.29) is 24.0 Å². The SMILES string of the molecule is CCSC1(CNC(=NC)NC2CCN(C3CCCC3)CC2)CCOCC1.I. The highest BCUT2D eigenvalue weighted by molar-refractivity contribution is 14.0. The fraction of sp³-hybridized carbons (Fsp3) is 0.950. The van der Waals surface area contributed by atoms with E-state index >= 15 is 0 Å². The number of nitrogens with one attached hydrogen (secondary N) is 2. The molecule has 2 N–H and O–H groups in total. The lowest BCUT2D eigenvalue weighted by Crippen LogP contribution is -2.53. The molecule has 1 saturated carbocycles. The zero-order chi connectivity index (χ0) is 18.2. The Labute approximate surface area is 187 Å². The third-order valence-corrected chi connectivity index (χ3v) is 7.82. The Bertz CT molecular complexity index is 440. The smallest absolute Gasteiger partial charge is 0.191 e. The minimum Gasteiger partial charge on any atom is -0.381 e. The highest BCUT2D eigenvalue weighted by atomic mass is 127. The van der Waals surface area contributed by atoms with Crippen LogP contribution in [0.2, 0.25) is 0 Å². The van der Waals surface area contributed by atoms with E-state index in [0.29, 0.717) is 10.8 Å². The lowest BCUT2D eigenvalue weighted by atomic mass is 9.99. The Kier molecular flexibility index (Phi) is 10.5. The number of hydrogen-bond acceptors (Lipinski definition) is 4. The number of ether oxygens (including phenoxy) is 1. The molecular weight excluding hydrogens is 471 g/mol. The normalized spacial score (nSPS) is 25.2. The summed E-state index contributed by atoms with van der Waals surface area (Å²) < 4.78 is 5.89. The summed E-state index contributed by atoms with van der Waals surface area (Å²) in [6.07, 6.45) is 10.4. The van der Waals surface area contributed by atoms with Crippen LogP contribution in [0.4, 0.5) is 0 Å². The summed E-state index contributed by atoms with van der Waals surface area (Å²) in [6, 6.07) is 1.43. The first kappa shape index (κ1) is 23.5. The topological polar surface area (TPSA) is 48.9 Å². The van der Waals surface area contributed by atoms with Crippen molar-refractivity contribution in [1.29, 1.82) is 0 Å². The highest BCUT2D eigenvalue weighted by Gasteiger charge is 2.33. The van der Waals surface area contributed by atoms with E-state index in [1.807, 2.05) is 7.05 Å². The number of halogens is 1. The van der Waals surface area contributed by atoms with Gasteiger partial charge in [0.2, 0.25) is 0 Å². The summed E-state index contributed by atoms with van der Waals surface area (Å²) in [5, 5.41) is 7.31. The molecule has 158 valence electrons.